The van der Waals surface area contributed by atoms with Crippen molar-refractivity contribution >= 4 is 105 Å². The second-order valence-corrected chi connectivity index (χ2v) is 38.1. The van der Waals surface area contributed by atoms with Gasteiger partial charge in [-0.15, -0.1) is 0 Å². The molecule has 744 valence electrons. The van der Waals surface area contributed by atoms with Gasteiger partial charge in [0.15, 0.2) is 52.2 Å². The van der Waals surface area contributed by atoms with Crippen molar-refractivity contribution in [1.82, 2.24) is 20.5 Å². The van der Waals surface area contributed by atoms with E-state index in [9.17, 15) is 73.1 Å². The number of nitrogens with two attached hydrogens (primary N) is 6. The molecule has 8 aliphatic heterocycles. The molecule has 0 amide bonds. The van der Waals surface area contributed by atoms with Crippen molar-refractivity contribution < 1.29 is 96.3 Å². The summed E-state index contributed by atoms with van der Waals surface area (Å²) in [5.74, 6) is -0.516. The molecule has 20 N–H and O–H groups in total. The van der Waals surface area contributed by atoms with Crippen LogP contribution >= 0.6 is 0 Å². The number of nitrogens with one attached hydrogen (secondary N) is 3. The third-order valence-electron chi connectivity index (χ3n) is 27.1. The molecule has 0 spiro atoms. The van der Waals surface area contributed by atoms with Crippen LogP contribution in [0.1, 0.15) is 251 Å². The molecule has 0 bridgehead atoms. The highest BCUT2D eigenvalue weighted by Crippen LogP contribution is 2.44. The Labute approximate surface area is 838 Å². The van der Waals surface area contributed by atoms with Gasteiger partial charge in [0.25, 0.3) is 0 Å². The molecule has 5 atom stereocenters. The molecule has 1 aromatic heterocycles. The predicted octanol–water partition coefficient (Wildman–Crippen LogP) is 10.1. The smallest absolute Gasteiger partial charge is 0.526 e. The minimum Gasteiger partial charge on any atom is -0.535 e. The second kappa shape index (κ2) is 48.7. The Balaban J connectivity index is 0.000000143. The fraction of sp³-hybridized carbons (Fsp3) is 0.336. The normalized spacial score (nSPS) is 16.9. The maximum Gasteiger partial charge on any atom is 0.526 e. The average Bonchev–Trinajstić information content (AvgIpc) is 1.00. The Morgan fingerprint density at radius 1 is 0.403 bits per heavy atom. The van der Waals surface area contributed by atoms with E-state index in [1.165, 1.54) is 56.9 Å². The van der Waals surface area contributed by atoms with Gasteiger partial charge in [-0.1, -0.05) is 115 Å². The Morgan fingerprint density at radius 2 is 0.771 bits per heavy atom. The van der Waals surface area contributed by atoms with Crippen LogP contribution in [0.5, 0.6) is 28.7 Å². The lowest BCUT2D eigenvalue weighted by Gasteiger charge is -2.28. The van der Waals surface area contributed by atoms with Crippen molar-refractivity contribution in [3.63, 3.8) is 0 Å². The van der Waals surface area contributed by atoms with E-state index in [1.807, 2.05) is 72.8 Å². The molecule has 8 aliphatic rings. The molecule has 37 heteroatoms. The number of amidine groups is 1. The van der Waals surface area contributed by atoms with Gasteiger partial charge in [0.2, 0.25) is 0 Å². The number of carbonyl (C=O) groups excluding carboxylic acids is 10. The molecule has 32 nitrogen and oxygen atoms in total. The number of aliphatic imine (C=N–C) groups is 1. The molecular formula is C107H121B5N12O20. The first-order valence-electron chi connectivity index (χ1n) is 48.6. The van der Waals surface area contributed by atoms with Crippen LogP contribution in [0.3, 0.4) is 0 Å². The zero-order valence-corrected chi connectivity index (χ0v) is 81.6. The Kier molecular flexibility index (Phi) is 35.9. The summed E-state index contributed by atoms with van der Waals surface area (Å²) in [6.45, 7) is 14.8. The highest BCUT2D eigenvalue weighted by Gasteiger charge is 2.44. The first-order chi connectivity index (χ1) is 69.0. The van der Waals surface area contributed by atoms with Crippen molar-refractivity contribution in [1.29, 1.82) is 5.41 Å². The molecule has 18 rings (SSSR count). The van der Waals surface area contributed by atoms with Crippen LogP contribution in [0.4, 0.5) is 0 Å². The Morgan fingerprint density at radius 3 is 1.17 bits per heavy atom. The zero-order valence-electron chi connectivity index (χ0n) is 81.6. The number of pyridine rings is 1. The van der Waals surface area contributed by atoms with Crippen LogP contribution in [-0.4, -0.2) is 160 Å². The fourth-order valence-corrected chi connectivity index (χ4v) is 19.6. The number of nitrogens with zero attached hydrogens (tertiary/aromatic N) is 3. The van der Waals surface area contributed by atoms with E-state index < -0.39 is 47.2 Å². The molecule has 0 radical (unpaired) electrons. The van der Waals surface area contributed by atoms with Gasteiger partial charge < -0.3 is 93.4 Å². The standard InChI is InChI=1S/C23H28BN5O4.C23H27BN2O4.C22H24BNO4.C20H23BN2O4.C19H19BN2O4/c1-13(30)19-4-2-3-16-10-18(24(32)33-22(16)19)11-20(31)17-8-14(5-6-21(25)26)7-15(9-17)12-29-23(27)28;1-15(27)22-4-2-3-17-11-20(24(29)30-23(17)22)12-21(28)10-16-5-6-18-13-26(8-7-25)14-19(18)9-16;1-14(25)21-4-2-3-17-11-19(23(27)28-22(17)21)12-20(26)10-15-5-6-16-7-8-24-13-18(16)9-15;1-12(24)18-4-2-3-15-8-17(21(26)27-20(15)18)9-19(25)16-6-13(10-22)5-14(7-16)11-23;1-11(23)15-4-2-3-12-7-14(20(25)26-19(12)15)8-18(24)16-6-5-13-9-21-10-17(13)22-16/h2-4,7-9,18,32H,5-6,10-12H2,1H3,(H3,25,26)(H4,27,28,29);2-6,9,20,29H,7-8,10-14,25H2,1H3;2-6,9,19,24,27H,7-8,10-13H2,1H3;2-7,17,26H,8-11,22-23H2,1H3;2-6,14,21,25H,7-10H2,1H3/t18-;20-;19-;17-;14-/m11111/s1. The molecule has 9 aromatic carbocycles. The lowest BCUT2D eigenvalue weighted by Crippen LogP contribution is -2.36. The molecule has 144 heavy (non-hydrogen) atoms. The number of ketones is 10. The first-order valence-corrected chi connectivity index (χ1v) is 48.6. The monoisotopic (exact) mass is 1950 g/mol. The van der Waals surface area contributed by atoms with E-state index in [0.29, 0.717) is 157 Å². The first kappa shape index (κ1) is 106. The summed E-state index contributed by atoms with van der Waals surface area (Å²) in [6.07, 6.45) is 5.80. The van der Waals surface area contributed by atoms with Crippen LogP contribution in [0.15, 0.2) is 181 Å². The number of hydrogen-bond donors (Lipinski definition) is 14. The van der Waals surface area contributed by atoms with Crippen LogP contribution in [0, 0.1) is 5.41 Å². The number of carbonyl (C=O) groups is 10. The highest BCUT2D eigenvalue weighted by molar-refractivity contribution is 6.49. The summed E-state index contributed by atoms with van der Waals surface area (Å²) in [6, 6.07) is 53.7. The van der Waals surface area contributed by atoms with Crippen molar-refractivity contribution in [2.75, 3.05) is 19.6 Å². The van der Waals surface area contributed by atoms with Crippen LogP contribution in [0.2, 0.25) is 29.1 Å². The van der Waals surface area contributed by atoms with Crippen molar-refractivity contribution in [2.24, 2.45) is 39.4 Å². The topological polar surface area (TPSA) is 551 Å². The number of aromatic nitrogens is 1. The van der Waals surface area contributed by atoms with Gasteiger partial charge in [-0.05, 0) is 236 Å². The van der Waals surface area contributed by atoms with Crippen LogP contribution in [-0.2, 0) is 120 Å². The average molecular weight is 1950 g/mol. The second-order valence-electron chi connectivity index (χ2n) is 38.1. The summed E-state index contributed by atoms with van der Waals surface area (Å²) in [4.78, 5) is 134. The van der Waals surface area contributed by atoms with E-state index in [0.717, 1.165) is 118 Å². The minimum absolute atomic E-state index is 0.0527. The molecular weight excluding hydrogens is 1830 g/mol. The molecule has 0 saturated carbocycles. The van der Waals surface area contributed by atoms with Crippen molar-refractivity contribution in [2.45, 2.75) is 212 Å². The summed E-state index contributed by atoms with van der Waals surface area (Å²) in [7, 11) is -5.64. The van der Waals surface area contributed by atoms with E-state index in [-0.39, 0.29) is 126 Å². The number of fused-ring (bicyclic) bond motifs is 8. The molecule has 0 saturated heterocycles. The van der Waals surface area contributed by atoms with Gasteiger partial charge in [0.1, 0.15) is 46.0 Å². The van der Waals surface area contributed by atoms with Crippen molar-refractivity contribution in [3.05, 3.63) is 315 Å². The quantitative estimate of drug-likeness (QED) is 0.00831. The summed E-state index contributed by atoms with van der Waals surface area (Å²) in [5.41, 5.74) is 53.8. The third-order valence-corrected chi connectivity index (χ3v) is 27.1. The van der Waals surface area contributed by atoms with Gasteiger partial charge >= 0.3 is 35.6 Å². The lowest BCUT2D eigenvalue weighted by molar-refractivity contribution is -0.119. The SMILES string of the molecule is CC(=O)c1cccc2c1OB(O)[C@@H](CC(=O)Cc1ccc3c(c1)CN(CCN)C3)C2.CC(=O)c1cccc2c1OB(O)[C@@H](CC(=O)Cc1ccc3c(c1)CNCC3)C2.CC(=O)c1cccc2c1OB(O)[C@@H](CC(=O)c1cc(CCC(=N)N)cc(CN=C(N)N)c1)C2.CC(=O)c1cccc2c1OB(O)[C@@H](CC(=O)c1cc(CN)cc(CN)c1)C2.CC(=O)c1cccc2c1OB(O)[C@@H](CC(=O)c1ccc3c(n1)CNC3)C2. The third kappa shape index (κ3) is 27.1. The van der Waals surface area contributed by atoms with Crippen LogP contribution < -0.4 is 68.3 Å². The minimum atomic E-state index is -1.20. The largest absolute Gasteiger partial charge is 0.535 e. The Hall–Kier alpha value is -13.5. The molecule has 10 aromatic rings. The maximum absolute atomic E-state index is 13.2. The van der Waals surface area contributed by atoms with Gasteiger partial charge in [0, 0.05) is 150 Å². The van der Waals surface area contributed by atoms with Gasteiger partial charge in [0.05, 0.1) is 45.9 Å². The van der Waals surface area contributed by atoms with E-state index in [2.05, 4.69) is 49.8 Å². The van der Waals surface area contributed by atoms with Gasteiger partial charge in [-0.3, -0.25) is 58.3 Å². The predicted molar refractivity (Wildman–Crippen MR) is 551 cm³/mol. The molecule has 0 unspecified atom stereocenters. The molecule has 9 heterocycles. The number of benzene rings is 9. The number of hydrogen-bond acceptors (Lipinski definition) is 29. The highest BCUT2D eigenvalue weighted by atomic mass is 16.5. The van der Waals surface area contributed by atoms with Gasteiger partial charge in [-0.25, -0.2) is 9.98 Å². The number of aryl methyl sites for hydroxylation is 1. The number of rotatable bonds is 31. The molecule has 0 aliphatic carbocycles. The fourth-order valence-electron chi connectivity index (χ4n) is 19.6. The maximum atomic E-state index is 13.2. The van der Waals surface area contributed by atoms with Crippen LogP contribution in [0.25, 0.3) is 0 Å². The summed E-state index contributed by atoms with van der Waals surface area (Å²) >= 11 is 0. The Bertz CT molecular complexity index is 6580. The zero-order chi connectivity index (χ0) is 103. The van der Waals surface area contributed by atoms with E-state index in [1.54, 1.807) is 78.9 Å². The lowest BCUT2D eigenvalue weighted by atomic mass is 9.64. The van der Waals surface area contributed by atoms with Crippen molar-refractivity contribution in [3.8, 4) is 28.7 Å². The number of para-hydroxylation sites is 5. The summed E-state index contributed by atoms with van der Waals surface area (Å²) < 4.78 is 28.1. The van der Waals surface area contributed by atoms with E-state index >= 15 is 0 Å². The van der Waals surface area contributed by atoms with Gasteiger partial charge in [-0.2, -0.15) is 0 Å². The summed E-state index contributed by atoms with van der Waals surface area (Å²) in [5, 5.41) is 66.2. The number of guanidine groups is 1. The number of Topliss-reactive ketones (excluding diaryl/α,β-unsaturated/α-hetero) is 10. The molecule has 0 fully saturated rings. The van der Waals surface area contributed by atoms with E-state index in [4.69, 9.17) is 63.1 Å².